The maximum Gasteiger partial charge on any atom is 0.303 e. The summed E-state index contributed by atoms with van der Waals surface area (Å²) >= 11 is 5.72. The Balaban J connectivity index is 2.61. The van der Waals surface area contributed by atoms with Crippen LogP contribution in [0.25, 0.3) is 0 Å². The van der Waals surface area contributed by atoms with Gasteiger partial charge in [-0.3, -0.25) is 9.59 Å². The molecule has 0 saturated carbocycles. The van der Waals surface area contributed by atoms with E-state index in [-0.39, 0.29) is 23.6 Å². The summed E-state index contributed by atoms with van der Waals surface area (Å²) in [5.74, 6) is -2.11. The number of carbonyl (C=O) groups excluding carboxylic acids is 1. The van der Waals surface area contributed by atoms with Crippen molar-refractivity contribution in [1.82, 2.24) is 0 Å². The van der Waals surface area contributed by atoms with Gasteiger partial charge in [0.05, 0.1) is 16.8 Å². The molecule has 0 aliphatic carbocycles. The number of anilines is 1. The van der Waals surface area contributed by atoms with Gasteiger partial charge in [-0.15, -0.1) is 0 Å². The minimum Gasteiger partial charge on any atom is -0.481 e. The predicted molar refractivity (Wildman–Crippen MR) is 64.9 cm³/mol. The molecule has 1 aromatic rings. The number of benzene rings is 1. The first-order valence-corrected chi connectivity index (χ1v) is 5.51. The standard InChI is InChI=1S/C11H12ClFN2O3/c12-7-5-6(13)1-3-9(7)15-11(18)8(14)2-4-10(16)17/h1,3,5,8H,2,4,14H2,(H,15,18)(H,16,17). The monoisotopic (exact) mass is 274 g/mol. The summed E-state index contributed by atoms with van der Waals surface area (Å²) in [6.45, 7) is 0. The topological polar surface area (TPSA) is 92.4 Å². The Morgan fingerprint density at radius 2 is 2.17 bits per heavy atom. The van der Waals surface area contributed by atoms with Gasteiger partial charge >= 0.3 is 5.97 Å². The van der Waals surface area contributed by atoms with Gasteiger partial charge in [0.2, 0.25) is 5.91 Å². The van der Waals surface area contributed by atoms with Crippen LogP contribution < -0.4 is 11.1 Å². The lowest BCUT2D eigenvalue weighted by Gasteiger charge is -2.12. The van der Waals surface area contributed by atoms with Gasteiger partial charge in [-0.1, -0.05) is 11.6 Å². The molecule has 18 heavy (non-hydrogen) atoms. The molecule has 1 amide bonds. The molecule has 0 fully saturated rings. The number of aliphatic carboxylic acids is 1. The molecule has 98 valence electrons. The summed E-state index contributed by atoms with van der Waals surface area (Å²) in [6, 6.07) is 2.55. The molecular weight excluding hydrogens is 263 g/mol. The molecule has 0 heterocycles. The van der Waals surface area contributed by atoms with E-state index in [4.69, 9.17) is 22.4 Å². The second kappa shape index (κ2) is 6.32. The zero-order valence-electron chi connectivity index (χ0n) is 9.32. The first-order valence-electron chi connectivity index (χ1n) is 5.13. The van der Waals surface area contributed by atoms with Crippen LogP contribution >= 0.6 is 11.6 Å². The van der Waals surface area contributed by atoms with Crippen molar-refractivity contribution in [3.05, 3.63) is 29.0 Å². The summed E-state index contributed by atoms with van der Waals surface area (Å²) in [7, 11) is 0. The number of rotatable bonds is 5. The first-order chi connectivity index (χ1) is 8.40. The molecule has 0 saturated heterocycles. The second-order valence-corrected chi connectivity index (χ2v) is 4.06. The first kappa shape index (κ1) is 14.4. The van der Waals surface area contributed by atoms with E-state index in [0.29, 0.717) is 0 Å². The molecule has 1 aromatic carbocycles. The van der Waals surface area contributed by atoms with Crippen molar-refractivity contribution >= 4 is 29.2 Å². The van der Waals surface area contributed by atoms with E-state index in [0.717, 1.165) is 12.1 Å². The maximum atomic E-state index is 12.8. The van der Waals surface area contributed by atoms with Crippen LogP contribution in [0.5, 0.6) is 0 Å². The van der Waals surface area contributed by atoms with Crippen molar-refractivity contribution in [3.63, 3.8) is 0 Å². The number of hydrogen-bond donors (Lipinski definition) is 3. The fourth-order valence-electron chi connectivity index (χ4n) is 1.23. The number of carbonyl (C=O) groups is 2. The minimum absolute atomic E-state index is 0.0139. The Labute approximate surface area is 108 Å². The normalized spacial score (nSPS) is 11.9. The zero-order chi connectivity index (χ0) is 13.7. The SMILES string of the molecule is NC(CCC(=O)O)C(=O)Nc1ccc(F)cc1Cl. The lowest BCUT2D eigenvalue weighted by atomic mass is 10.1. The Morgan fingerprint density at radius 3 is 2.72 bits per heavy atom. The Morgan fingerprint density at radius 1 is 1.50 bits per heavy atom. The number of nitrogens with two attached hydrogens (primary N) is 1. The highest BCUT2D eigenvalue weighted by Gasteiger charge is 2.16. The number of nitrogens with one attached hydrogen (secondary N) is 1. The maximum absolute atomic E-state index is 12.8. The third-order valence-electron chi connectivity index (χ3n) is 2.19. The van der Waals surface area contributed by atoms with Crippen LogP contribution in [0, 0.1) is 5.82 Å². The van der Waals surface area contributed by atoms with Gasteiger partial charge in [0.25, 0.3) is 0 Å². The summed E-state index contributed by atoms with van der Waals surface area (Å²) in [6.07, 6.45) is -0.189. The molecular formula is C11H12ClFN2O3. The van der Waals surface area contributed by atoms with Crippen LogP contribution in [0.1, 0.15) is 12.8 Å². The summed E-state index contributed by atoms with van der Waals surface area (Å²) in [4.78, 5) is 21.9. The molecule has 0 bridgehead atoms. The number of carboxylic acid groups (broad SMARTS) is 1. The lowest BCUT2D eigenvalue weighted by molar-refractivity contribution is -0.137. The van der Waals surface area contributed by atoms with Gasteiger partial charge in [0.1, 0.15) is 5.82 Å². The molecule has 0 aromatic heterocycles. The zero-order valence-corrected chi connectivity index (χ0v) is 10.1. The smallest absolute Gasteiger partial charge is 0.303 e. The van der Waals surface area contributed by atoms with E-state index in [1.165, 1.54) is 6.07 Å². The number of amides is 1. The molecule has 1 unspecified atom stereocenters. The van der Waals surface area contributed by atoms with Gasteiger partial charge < -0.3 is 16.2 Å². The van der Waals surface area contributed by atoms with Crippen LogP contribution in [0.15, 0.2) is 18.2 Å². The van der Waals surface area contributed by atoms with E-state index in [1.807, 2.05) is 0 Å². The molecule has 1 rings (SSSR count). The Hall–Kier alpha value is -1.66. The fourth-order valence-corrected chi connectivity index (χ4v) is 1.44. The average molecular weight is 275 g/mol. The van der Waals surface area contributed by atoms with Crippen molar-refractivity contribution < 1.29 is 19.1 Å². The largest absolute Gasteiger partial charge is 0.481 e. The molecule has 5 nitrogen and oxygen atoms in total. The van der Waals surface area contributed by atoms with Crippen LogP contribution in [0.2, 0.25) is 5.02 Å². The van der Waals surface area contributed by atoms with Crippen molar-refractivity contribution in [1.29, 1.82) is 0 Å². The third-order valence-corrected chi connectivity index (χ3v) is 2.51. The predicted octanol–water partition coefficient (Wildman–Crippen LogP) is 1.61. The number of carboxylic acids is 1. The van der Waals surface area contributed by atoms with Gasteiger partial charge in [-0.05, 0) is 24.6 Å². The van der Waals surface area contributed by atoms with E-state index >= 15 is 0 Å². The Bertz CT molecular complexity index is 468. The van der Waals surface area contributed by atoms with E-state index in [2.05, 4.69) is 5.32 Å². The molecule has 0 radical (unpaired) electrons. The molecule has 0 aliphatic rings. The van der Waals surface area contributed by atoms with Crippen LogP contribution in [0.4, 0.5) is 10.1 Å². The highest BCUT2D eigenvalue weighted by atomic mass is 35.5. The van der Waals surface area contributed by atoms with E-state index < -0.39 is 23.7 Å². The van der Waals surface area contributed by atoms with Crippen molar-refractivity contribution in [2.45, 2.75) is 18.9 Å². The highest BCUT2D eigenvalue weighted by Crippen LogP contribution is 2.22. The molecule has 1 atom stereocenters. The average Bonchev–Trinajstić information content (AvgIpc) is 2.29. The fraction of sp³-hybridized carbons (Fsp3) is 0.273. The van der Waals surface area contributed by atoms with Crippen LogP contribution in [0.3, 0.4) is 0 Å². The lowest BCUT2D eigenvalue weighted by Crippen LogP contribution is -2.36. The van der Waals surface area contributed by atoms with Gasteiger partial charge in [-0.2, -0.15) is 0 Å². The second-order valence-electron chi connectivity index (χ2n) is 3.65. The van der Waals surface area contributed by atoms with E-state index in [9.17, 15) is 14.0 Å². The van der Waals surface area contributed by atoms with Crippen LogP contribution in [-0.2, 0) is 9.59 Å². The summed E-state index contributed by atoms with van der Waals surface area (Å²) in [5.41, 5.74) is 5.73. The van der Waals surface area contributed by atoms with E-state index in [1.54, 1.807) is 0 Å². The third kappa shape index (κ3) is 4.31. The quantitative estimate of drug-likeness (QED) is 0.760. The number of halogens is 2. The summed E-state index contributed by atoms with van der Waals surface area (Å²) < 4.78 is 12.8. The van der Waals surface area contributed by atoms with Crippen molar-refractivity contribution in [3.8, 4) is 0 Å². The van der Waals surface area contributed by atoms with Gasteiger partial charge in [-0.25, -0.2) is 4.39 Å². The van der Waals surface area contributed by atoms with Crippen molar-refractivity contribution in [2.75, 3.05) is 5.32 Å². The molecule has 4 N–H and O–H groups in total. The van der Waals surface area contributed by atoms with Gasteiger partial charge in [0.15, 0.2) is 0 Å². The molecule has 7 heteroatoms. The van der Waals surface area contributed by atoms with Crippen molar-refractivity contribution in [2.24, 2.45) is 5.73 Å². The molecule has 0 spiro atoms. The number of hydrogen-bond acceptors (Lipinski definition) is 3. The Kier molecular flexibility index (Phi) is 5.06. The van der Waals surface area contributed by atoms with Crippen LogP contribution in [-0.4, -0.2) is 23.0 Å². The molecule has 0 aliphatic heterocycles. The van der Waals surface area contributed by atoms with Gasteiger partial charge in [0, 0.05) is 6.42 Å². The minimum atomic E-state index is -1.03. The summed E-state index contributed by atoms with van der Waals surface area (Å²) in [5, 5.41) is 10.9. The highest BCUT2D eigenvalue weighted by molar-refractivity contribution is 6.33.